The van der Waals surface area contributed by atoms with E-state index in [0.29, 0.717) is 12.3 Å². The summed E-state index contributed by atoms with van der Waals surface area (Å²) in [6, 6.07) is 0. The van der Waals surface area contributed by atoms with Gasteiger partial charge in [-0.1, -0.05) is 6.92 Å². The number of nitrogens with one attached hydrogen (secondary N) is 1. The van der Waals surface area contributed by atoms with Crippen LogP contribution < -0.4 is 11.1 Å². The van der Waals surface area contributed by atoms with E-state index in [9.17, 15) is 4.79 Å². The van der Waals surface area contributed by atoms with Crippen LogP contribution in [0.1, 0.15) is 27.2 Å². The number of hydrogen-bond donors (Lipinski definition) is 2. The maximum absolute atomic E-state index is 11.2. The fraction of sp³-hybridized carbons (Fsp3) is 0.889. The number of rotatable bonds is 6. The highest BCUT2D eigenvalue weighted by molar-refractivity contribution is 7.99. The van der Waals surface area contributed by atoms with Crippen molar-refractivity contribution < 1.29 is 4.79 Å². The molecule has 0 aromatic rings. The molecule has 0 saturated heterocycles. The summed E-state index contributed by atoms with van der Waals surface area (Å²) >= 11 is 1.66. The van der Waals surface area contributed by atoms with Gasteiger partial charge in [0.25, 0.3) is 0 Å². The first-order valence-corrected chi connectivity index (χ1v) is 5.74. The van der Waals surface area contributed by atoms with Crippen LogP contribution in [0.25, 0.3) is 0 Å². The van der Waals surface area contributed by atoms with Crippen LogP contribution in [-0.2, 0) is 4.79 Å². The van der Waals surface area contributed by atoms with E-state index in [1.54, 1.807) is 11.8 Å². The first-order valence-electron chi connectivity index (χ1n) is 4.59. The molecule has 3 N–H and O–H groups in total. The zero-order valence-electron chi connectivity index (χ0n) is 9.13. The molecule has 14 heavy (non-hydrogen) atoms. The molecule has 0 fully saturated rings. The monoisotopic (exact) mass is 240 g/mol. The lowest BCUT2D eigenvalue weighted by Crippen LogP contribution is -2.45. The molecule has 0 aliphatic rings. The standard InChI is InChI=1S/C9H20N2OS.ClH/c1-4-5-13-6-8(12)11-7-9(2,3)10;/h4-7,10H2,1-3H3,(H,11,12);1H. The summed E-state index contributed by atoms with van der Waals surface area (Å²) in [7, 11) is 0. The van der Waals surface area contributed by atoms with Crippen molar-refractivity contribution in [2.75, 3.05) is 18.1 Å². The minimum atomic E-state index is -0.314. The minimum Gasteiger partial charge on any atom is -0.354 e. The summed E-state index contributed by atoms with van der Waals surface area (Å²) < 4.78 is 0. The molecular weight excluding hydrogens is 220 g/mol. The molecule has 86 valence electrons. The van der Waals surface area contributed by atoms with Gasteiger partial charge in [-0.2, -0.15) is 11.8 Å². The molecule has 3 nitrogen and oxygen atoms in total. The molecule has 0 unspecified atom stereocenters. The fourth-order valence-electron chi connectivity index (χ4n) is 0.687. The second-order valence-corrected chi connectivity index (χ2v) is 4.92. The van der Waals surface area contributed by atoms with Gasteiger partial charge >= 0.3 is 0 Å². The molecule has 0 aliphatic carbocycles. The lowest BCUT2D eigenvalue weighted by atomic mass is 10.1. The number of thioether (sulfide) groups is 1. The van der Waals surface area contributed by atoms with Crippen molar-refractivity contribution >= 4 is 30.1 Å². The molecular formula is C9H21ClN2OS. The topological polar surface area (TPSA) is 55.1 Å². The van der Waals surface area contributed by atoms with Crippen LogP contribution in [0.2, 0.25) is 0 Å². The third-order valence-corrected chi connectivity index (χ3v) is 2.49. The van der Waals surface area contributed by atoms with Crippen LogP contribution in [0.4, 0.5) is 0 Å². The molecule has 0 saturated carbocycles. The van der Waals surface area contributed by atoms with E-state index in [0.717, 1.165) is 12.2 Å². The van der Waals surface area contributed by atoms with E-state index in [4.69, 9.17) is 5.73 Å². The summed E-state index contributed by atoms with van der Waals surface area (Å²) in [4.78, 5) is 11.2. The van der Waals surface area contributed by atoms with Gasteiger partial charge < -0.3 is 11.1 Å². The number of hydrogen-bond acceptors (Lipinski definition) is 3. The third kappa shape index (κ3) is 12.1. The first kappa shape index (κ1) is 16.5. The van der Waals surface area contributed by atoms with Gasteiger partial charge in [-0.3, -0.25) is 4.79 Å². The summed E-state index contributed by atoms with van der Waals surface area (Å²) in [5.74, 6) is 1.67. The molecule has 0 spiro atoms. The average Bonchev–Trinajstić information content (AvgIpc) is 2.00. The van der Waals surface area contributed by atoms with Crippen molar-refractivity contribution in [1.82, 2.24) is 5.32 Å². The van der Waals surface area contributed by atoms with E-state index in [1.807, 2.05) is 13.8 Å². The largest absolute Gasteiger partial charge is 0.354 e. The molecule has 0 aromatic heterocycles. The molecule has 0 aliphatic heterocycles. The summed E-state index contributed by atoms with van der Waals surface area (Å²) in [5, 5.41) is 2.80. The zero-order valence-corrected chi connectivity index (χ0v) is 10.8. The summed E-state index contributed by atoms with van der Waals surface area (Å²) in [6.45, 7) is 6.44. The Morgan fingerprint density at radius 2 is 2.07 bits per heavy atom. The lowest BCUT2D eigenvalue weighted by molar-refractivity contribution is -0.118. The molecule has 0 heterocycles. The van der Waals surface area contributed by atoms with Crippen molar-refractivity contribution in [3.63, 3.8) is 0 Å². The van der Waals surface area contributed by atoms with Gasteiger partial charge in [0, 0.05) is 12.1 Å². The maximum atomic E-state index is 11.2. The number of amides is 1. The van der Waals surface area contributed by atoms with E-state index in [-0.39, 0.29) is 23.9 Å². The van der Waals surface area contributed by atoms with E-state index in [2.05, 4.69) is 12.2 Å². The van der Waals surface area contributed by atoms with Crippen LogP contribution in [0.5, 0.6) is 0 Å². The minimum absolute atomic E-state index is 0. The highest BCUT2D eigenvalue weighted by atomic mass is 35.5. The van der Waals surface area contributed by atoms with Crippen molar-refractivity contribution in [1.29, 1.82) is 0 Å². The normalized spacial score (nSPS) is 10.6. The molecule has 0 aromatic carbocycles. The second-order valence-electron chi connectivity index (χ2n) is 3.82. The Labute approximate surface area is 97.0 Å². The van der Waals surface area contributed by atoms with Gasteiger partial charge in [0.2, 0.25) is 5.91 Å². The predicted octanol–water partition coefficient (Wildman–Crippen LogP) is 1.40. The molecule has 5 heteroatoms. The molecule has 0 radical (unpaired) electrons. The van der Waals surface area contributed by atoms with Crippen LogP contribution >= 0.6 is 24.2 Å². The Morgan fingerprint density at radius 1 is 1.50 bits per heavy atom. The molecule has 0 bridgehead atoms. The van der Waals surface area contributed by atoms with Gasteiger partial charge in [0.15, 0.2) is 0 Å². The zero-order chi connectivity index (χ0) is 10.3. The summed E-state index contributed by atoms with van der Waals surface area (Å²) in [6.07, 6.45) is 1.11. The Bertz CT molecular complexity index is 159. The van der Waals surface area contributed by atoms with Crippen molar-refractivity contribution in [2.24, 2.45) is 5.73 Å². The van der Waals surface area contributed by atoms with Gasteiger partial charge in [-0.25, -0.2) is 0 Å². The Morgan fingerprint density at radius 3 is 2.50 bits per heavy atom. The van der Waals surface area contributed by atoms with E-state index < -0.39 is 0 Å². The number of carbonyl (C=O) groups is 1. The van der Waals surface area contributed by atoms with Gasteiger partial charge in [-0.15, -0.1) is 12.4 Å². The first-order chi connectivity index (χ1) is 5.95. The summed E-state index contributed by atoms with van der Waals surface area (Å²) in [5.41, 5.74) is 5.40. The quantitative estimate of drug-likeness (QED) is 0.691. The Hall–Kier alpha value is 0.0700. The van der Waals surface area contributed by atoms with Crippen molar-refractivity contribution in [2.45, 2.75) is 32.7 Å². The van der Waals surface area contributed by atoms with Crippen LogP contribution in [-0.4, -0.2) is 29.5 Å². The van der Waals surface area contributed by atoms with Crippen LogP contribution in [0.15, 0.2) is 0 Å². The smallest absolute Gasteiger partial charge is 0.230 e. The van der Waals surface area contributed by atoms with Crippen molar-refractivity contribution in [3.05, 3.63) is 0 Å². The number of nitrogens with two attached hydrogens (primary N) is 1. The van der Waals surface area contributed by atoms with Crippen LogP contribution in [0.3, 0.4) is 0 Å². The Kier molecular flexibility index (Phi) is 9.88. The highest BCUT2D eigenvalue weighted by Gasteiger charge is 2.11. The highest BCUT2D eigenvalue weighted by Crippen LogP contribution is 2.01. The van der Waals surface area contributed by atoms with Gasteiger partial charge in [-0.05, 0) is 26.0 Å². The lowest BCUT2D eigenvalue weighted by Gasteiger charge is -2.18. The molecule has 1 amide bonds. The van der Waals surface area contributed by atoms with Crippen molar-refractivity contribution in [3.8, 4) is 0 Å². The van der Waals surface area contributed by atoms with E-state index in [1.165, 1.54) is 0 Å². The molecule has 0 rings (SSSR count). The number of halogens is 1. The predicted molar refractivity (Wildman–Crippen MR) is 66.1 cm³/mol. The fourth-order valence-corrected chi connectivity index (χ4v) is 1.41. The molecule has 0 atom stereocenters. The van der Waals surface area contributed by atoms with E-state index >= 15 is 0 Å². The van der Waals surface area contributed by atoms with Crippen LogP contribution in [0, 0.1) is 0 Å². The maximum Gasteiger partial charge on any atom is 0.230 e. The van der Waals surface area contributed by atoms with Gasteiger partial charge in [0.1, 0.15) is 0 Å². The van der Waals surface area contributed by atoms with Gasteiger partial charge in [0.05, 0.1) is 5.75 Å². The second kappa shape index (κ2) is 8.38. The SMILES string of the molecule is CCCSCC(=O)NCC(C)(C)N.Cl. The third-order valence-electron chi connectivity index (χ3n) is 1.32. The average molecular weight is 241 g/mol. The Balaban J connectivity index is 0. The number of carbonyl (C=O) groups excluding carboxylic acids is 1.